The van der Waals surface area contributed by atoms with E-state index in [2.05, 4.69) is 9.97 Å². The van der Waals surface area contributed by atoms with Gasteiger partial charge >= 0.3 is 5.65 Å². The molecule has 0 fully saturated rings. The number of aromatic nitrogens is 4. The molecular formula is C15H16N5O2+. The number of carbonyl (C=O) groups is 1. The van der Waals surface area contributed by atoms with E-state index < -0.39 is 6.04 Å². The lowest BCUT2D eigenvalue weighted by atomic mass is 10.1. The standard InChI is InChI=1S/C15H15N5O2/c1-9(12(21)10-6-4-3-5-7-10)20-8-19(2)11-13(20)17-15(16)18-14(11)22/h3-9H,1-2H3,(H2-,16,17,18,22)/p+1. The Morgan fingerprint density at radius 1 is 1.36 bits per heavy atom. The number of rotatable bonds is 3. The summed E-state index contributed by atoms with van der Waals surface area (Å²) in [6.45, 7) is 1.77. The Labute approximate surface area is 126 Å². The molecule has 3 aromatic rings. The summed E-state index contributed by atoms with van der Waals surface area (Å²) in [6, 6.07) is 8.51. The summed E-state index contributed by atoms with van der Waals surface area (Å²) in [5, 5.41) is 0. The number of nitrogen functional groups attached to an aromatic ring is 1. The first kappa shape index (κ1) is 14.0. The van der Waals surface area contributed by atoms with E-state index in [4.69, 9.17) is 5.73 Å². The number of nitrogens with two attached hydrogens (primary N) is 1. The molecule has 112 valence electrons. The van der Waals surface area contributed by atoms with E-state index >= 15 is 0 Å². The van der Waals surface area contributed by atoms with Crippen LogP contribution in [-0.2, 0) is 7.05 Å². The molecule has 0 bridgehead atoms. The number of aryl methyl sites for hydroxylation is 1. The minimum absolute atomic E-state index is 0.0248. The minimum atomic E-state index is -0.500. The van der Waals surface area contributed by atoms with E-state index in [1.807, 2.05) is 18.2 Å². The van der Waals surface area contributed by atoms with Crippen molar-refractivity contribution in [2.75, 3.05) is 5.73 Å². The maximum atomic E-state index is 12.6. The summed E-state index contributed by atoms with van der Waals surface area (Å²) in [6.07, 6.45) is 1.68. The molecule has 0 radical (unpaired) electrons. The lowest BCUT2D eigenvalue weighted by Gasteiger charge is -2.08. The number of ketones is 1. The van der Waals surface area contributed by atoms with Gasteiger partial charge in [0.15, 0.2) is 12.1 Å². The Morgan fingerprint density at radius 3 is 2.73 bits per heavy atom. The molecule has 2 aromatic heterocycles. The summed E-state index contributed by atoms with van der Waals surface area (Å²) in [7, 11) is 1.73. The van der Waals surface area contributed by atoms with Gasteiger partial charge in [0.05, 0.1) is 7.05 Å². The molecule has 0 saturated heterocycles. The normalized spacial score (nSPS) is 12.5. The molecule has 3 N–H and O–H groups in total. The summed E-state index contributed by atoms with van der Waals surface area (Å²) in [4.78, 5) is 31.2. The van der Waals surface area contributed by atoms with Crippen LogP contribution in [0.1, 0.15) is 23.3 Å². The lowest BCUT2D eigenvalue weighted by molar-refractivity contribution is -0.681. The molecule has 0 aliphatic heterocycles. The van der Waals surface area contributed by atoms with Crippen molar-refractivity contribution in [3.63, 3.8) is 0 Å². The first-order valence-corrected chi connectivity index (χ1v) is 6.84. The van der Waals surface area contributed by atoms with Crippen LogP contribution in [0.2, 0.25) is 0 Å². The van der Waals surface area contributed by atoms with Gasteiger partial charge in [-0.1, -0.05) is 35.3 Å². The smallest absolute Gasteiger partial charge is 0.312 e. The third-order valence-corrected chi connectivity index (χ3v) is 3.64. The summed E-state index contributed by atoms with van der Waals surface area (Å²) >= 11 is 0. The molecule has 0 aliphatic rings. The third kappa shape index (κ3) is 2.16. The predicted molar refractivity (Wildman–Crippen MR) is 81.4 cm³/mol. The molecule has 0 saturated carbocycles. The van der Waals surface area contributed by atoms with Gasteiger partial charge in [-0.15, -0.1) is 0 Å². The van der Waals surface area contributed by atoms with Crippen LogP contribution in [0.3, 0.4) is 0 Å². The fraction of sp³-hybridized carbons (Fsp3) is 0.200. The number of imidazole rings is 1. The van der Waals surface area contributed by atoms with Crippen molar-refractivity contribution >= 4 is 22.9 Å². The van der Waals surface area contributed by atoms with Crippen molar-refractivity contribution < 1.29 is 9.36 Å². The number of fused-ring (bicyclic) bond motifs is 1. The molecule has 7 nitrogen and oxygen atoms in total. The van der Waals surface area contributed by atoms with Gasteiger partial charge in [0.25, 0.3) is 11.5 Å². The number of H-pyrrole nitrogens is 1. The Morgan fingerprint density at radius 2 is 2.05 bits per heavy atom. The largest absolute Gasteiger partial charge is 0.355 e. The van der Waals surface area contributed by atoms with Crippen molar-refractivity contribution in [1.82, 2.24) is 14.5 Å². The van der Waals surface area contributed by atoms with Gasteiger partial charge in [0, 0.05) is 5.56 Å². The van der Waals surface area contributed by atoms with E-state index in [1.165, 1.54) is 0 Å². The molecular weight excluding hydrogens is 282 g/mol. The van der Waals surface area contributed by atoms with E-state index in [0.717, 1.165) is 0 Å². The first-order valence-electron chi connectivity index (χ1n) is 6.84. The third-order valence-electron chi connectivity index (χ3n) is 3.64. The second-order valence-corrected chi connectivity index (χ2v) is 5.16. The average Bonchev–Trinajstić information content (AvgIpc) is 2.83. The maximum absolute atomic E-state index is 12.6. The highest BCUT2D eigenvalue weighted by Crippen LogP contribution is 2.12. The lowest BCUT2D eigenvalue weighted by Crippen LogP contribution is -2.42. The van der Waals surface area contributed by atoms with Crippen molar-refractivity contribution in [2.24, 2.45) is 7.05 Å². The maximum Gasteiger partial charge on any atom is 0.312 e. The van der Waals surface area contributed by atoms with Crippen LogP contribution in [0, 0.1) is 0 Å². The monoisotopic (exact) mass is 298 g/mol. The van der Waals surface area contributed by atoms with Gasteiger partial charge in [0.2, 0.25) is 5.52 Å². The second kappa shape index (κ2) is 5.10. The van der Waals surface area contributed by atoms with Crippen LogP contribution in [-0.4, -0.2) is 20.3 Å². The molecule has 7 heteroatoms. The van der Waals surface area contributed by atoms with Gasteiger partial charge in [-0.25, -0.2) is 4.57 Å². The minimum Gasteiger partial charge on any atom is -0.355 e. The van der Waals surface area contributed by atoms with Crippen LogP contribution in [0.4, 0.5) is 5.95 Å². The van der Waals surface area contributed by atoms with E-state index in [1.54, 1.807) is 41.6 Å². The molecule has 0 amide bonds. The molecule has 1 aromatic carbocycles. The quantitative estimate of drug-likeness (QED) is 0.546. The number of benzene rings is 1. The van der Waals surface area contributed by atoms with Gasteiger partial charge in [0.1, 0.15) is 6.04 Å². The van der Waals surface area contributed by atoms with E-state index in [-0.39, 0.29) is 17.3 Å². The molecule has 2 heterocycles. The number of nitrogens with one attached hydrogen (secondary N) is 1. The van der Waals surface area contributed by atoms with Crippen molar-refractivity contribution in [3.05, 3.63) is 52.6 Å². The molecule has 1 atom stereocenters. The zero-order valence-corrected chi connectivity index (χ0v) is 12.3. The molecule has 0 spiro atoms. The Hall–Kier alpha value is -2.96. The zero-order chi connectivity index (χ0) is 15.9. The Balaban J connectivity index is 2.14. The number of hydrogen-bond acceptors (Lipinski definition) is 4. The summed E-state index contributed by atoms with van der Waals surface area (Å²) in [5.41, 5.74) is 6.66. The first-order chi connectivity index (χ1) is 10.5. The average molecular weight is 298 g/mol. The van der Waals surface area contributed by atoms with Crippen molar-refractivity contribution in [2.45, 2.75) is 13.0 Å². The SMILES string of the molecule is CC(C(=O)c1ccccc1)[n+]1cn(C)c2c(=O)[nH]c(N)nc21. The van der Waals surface area contributed by atoms with Gasteiger partial charge < -0.3 is 5.73 Å². The van der Waals surface area contributed by atoms with Crippen molar-refractivity contribution in [3.8, 4) is 0 Å². The molecule has 1 unspecified atom stereocenters. The summed E-state index contributed by atoms with van der Waals surface area (Å²) in [5.74, 6) is -0.0319. The van der Waals surface area contributed by atoms with Crippen LogP contribution in [0.15, 0.2) is 41.5 Å². The van der Waals surface area contributed by atoms with Gasteiger partial charge in [-0.05, 0) is 6.92 Å². The molecule has 3 rings (SSSR count). The van der Waals surface area contributed by atoms with Crippen LogP contribution < -0.4 is 15.9 Å². The Bertz CT molecular complexity index is 911. The van der Waals surface area contributed by atoms with Crippen molar-refractivity contribution in [1.29, 1.82) is 0 Å². The van der Waals surface area contributed by atoms with Crippen LogP contribution in [0.25, 0.3) is 11.2 Å². The highest BCUT2D eigenvalue weighted by molar-refractivity contribution is 5.97. The number of aromatic amines is 1. The fourth-order valence-corrected chi connectivity index (χ4v) is 2.52. The fourth-order valence-electron chi connectivity index (χ4n) is 2.52. The predicted octanol–water partition coefficient (Wildman–Crippen LogP) is 0.575. The van der Waals surface area contributed by atoms with Crippen LogP contribution >= 0.6 is 0 Å². The van der Waals surface area contributed by atoms with Gasteiger partial charge in [-0.2, -0.15) is 0 Å². The van der Waals surface area contributed by atoms with Crippen LogP contribution in [0.5, 0.6) is 0 Å². The van der Waals surface area contributed by atoms with Gasteiger partial charge in [-0.3, -0.25) is 19.1 Å². The molecule has 22 heavy (non-hydrogen) atoms. The number of hydrogen-bond donors (Lipinski definition) is 2. The number of Topliss-reactive ketones (excluding diaryl/α,β-unsaturated/α-hetero) is 1. The van der Waals surface area contributed by atoms with E-state index in [0.29, 0.717) is 16.7 Å². The summed E-state index contributed by atoms with van der Waals surface area (Å²) < 4.78 is 3.30. The number of carbonyl (C=O) groups excluding carboxylic acids is 1. The second-order valence-electron chi connectivity index (χ2n) is 5.16. The topological polar surface area (TPSA) is 97.7 Å². The number of anilines is 1. The highest BCUT2D eigenvalue weighted by Gasteiger charge is 2.27. The van der Waals surface area contributed by atoms with E-state index in [9.17, 15) is 9.59 Å². The highest BCUT2D eigenvalue weighted by atomic mass is 16.1. The zero-order valence-electron chi connectivity index (χ0n) is 12.3. The Kier molecular flexibility index (Phi) is 3.25. The number of nitrogens with zero attached hydrogens (tertiary/aromatic N) is 3. The molecule has 0 aliphatic carbocycles.